The van der Waals surface area contributed by atoms with Crippen LogP contribution in [0.25, 0.3) is 0 Å². The van der Waals surface area contributed by atoms with Gasteiger partial charge < -0.3 is 10.5 Å². The first-order valence-electron chi connectivity index (χ1n) is 5.08. The van der Waals surface area contributed by atoms with Gasteiger partial charge >= 0.3 is 0 Å². The van der Waals surface area contributed by atoms with Crippen LogP contribution in [0.15, 0.2) is 42.5 Å². The SMILES string of the molecule is Nc1ccc(COc2ccccc2Cl)cc1Cl. The molecule has 0 aromatic heterocycles. The van der Waals surface area contributed by atoms with Crippen molar-refractivity contribution in [2.24, 2.45) is 0 Å². The number of benzene rings is 2. The minimum absolute atomic E-state index is 0.406. The number of halogens is 2. The Morgan fingerprint density at radius 1 is 1.00 bits per heavy atom. The number of anilines is 1. The van der Waals surface area contributed by atoms with Crippen molar-refractivity contribution >= 4 is 28.9 Å². The lowest BCUT2D eigenvalue weighted by Crippen LogP contribution is -1.97. The highest BCUT2D eigenvalue weighted by Crippen LogP contribution is 2.25. The predicted octanol–water partition coefficient (Wildman–Crippen LogP) is 4.15. The van der Waals surface area contributed by atoms with Gasteiger partial charge in [-0.3, -0.25) is 0 Å². The Bertz CT molecular complexity index is 529. The average Bonchev–Trinajstić information content (AvgIpc) is 2.32. The first-order valence-corrected chi connectivity index (χ1v) is 5.83. The maximum absolute atomic E-state index is 5.98. The summed E-state index contributed by atoms with van der Waals surface area (Å²) in [5, 5.41) is 1.12. The molecule has 0 aliphatic carbocycles. The minimum atomic E-state index is 0.406. The van der Waals surface area contributed by atoms with Crippen molar-refractivity contribution in [2.75, 3.05) is 5.73 Å². The van der Waals surface area contributed by atoms with Gasteiger partial charge in [0.1, 0.15) is 12.4 Å². The van der Waals surface area contributed by atoms with Crippen LogP contribution in [-0.2, 0) is 6.61 Å². The fourth-order valence-corrected chi connectivity index (χ4v) is 1.78. The van der Waals surface area contributed by atoms with Crippen molar-refractivity contribution in [3.8, 4) is 5.75 Å². The Balaban J connectivity index is 2.08. The van der Waals surface area contributed by atoms with E-state index in [1.165, 1.54) is 0 Å². The van der Waals surface area contributed by atoms with Gasteiger partial charge in [-0.15, -0.1) is 0 Å². The van der Waals surface area contributed by atoms with E-state index in [9.17, 15) is 0 Å². The molecule has 0 fully saturated rings. The largest absolute Gasteiger partial charge is 0.487 e. The van der Waals surface area contributed by atoms with Crippen molar-refractivity contribution < 1.29 is 4.74 Å². The molecule has 2 aromatic carbocycles. The van der Waals surface area contributed by atoms with Crippen LogP contribution in [-0.4, -0.2) is 0 Å². The Kier molecular flexibility index (Phi) is 3.77. The number of para-hydroxylation sites is 1. The van der Waals surface area contributed by atoms with Crippen molar-refractivity contribution in [3.05, 3.63) is 58.1 Å². The molecule has 0 atom stereocenters. The number of hydrogen-bond donors (Lipinski definition) is 1. The molecule has 0 heterocycles. The third-order valence-corrected chi connectivity index (χ3v) is 2.94. The van der Waals surface area contributed by atoms with E-state index in [-0.39, 0.29) is 0 Å². The third kappa shape index (κ3) is 3.05. The van der Waals surface area contributed by atoms with E-state index in [1.807, 2.05) is 24.3 Å². The summed E-state index contributed by atoms with van der Waals surface area (Å²) in [5.74, 6) is 0.655. The van der Waals surface area contributed by atoms with E-state index in [0.717, 1.165) is 5.56 Å². The first kappa shape index (κ1) is 12.1. The van der Waals surface area contributed by atoms with E-state index >= 15 is 0 Å². The highest BCUT2D eigenvalue weighted by molar-refractivity contribution is 6.33. The maximum Gasteiger partial charge on any atom is 0.138 e. The molecular formula is C13H11Cl2NO. The molecule has 0 bridgehead atoms. The van der Waals surface area contributed by atoms with Gasteiger partial charge in [0, 0.05) is 0 Å². The first-order chi connectivity index (χ1) is 8.16. The zero-order chi connectivity index (χ0) is 12.3. The molecule has 0 unspecified atom stereocenters. The van der Waals surface area contributed by atoms with E-state index < -0.39 is 0 Å². The second-order valence-corrected chi connectivity index (χ2v) is 4.39. The van der Waals surface area contributed by atoms with Crippen LogP contribution in [0.2, 0.25) is 10.0 Å². The smallest absolute Gasteiger partial charge is 0.138 e. The molecule has 4 heteroatoms. The summed E-state index contributed by atoms with van der Waals surface area (Å²) in [6.45, 7) is 0.406. The summed E-state index contributed by atoms with van der Waals surface area (Å²) in [6.07, 6.45) is 0. The van der Waals surface area contributed by atoms with E-state index in [2.05, 4.69) is 0 Å². The van der Waals surface area contributed by atoms with Crippen LogP contribution in [0, 0.1) is 0 Å². The van der Waals surface area contributed by atoms with Gasteiger partial charge in [0.25, 0.3) is 0 Å². The van der Waals surface area contributed by atoms with Crippen molar-refractivity contribution in [1.82, 2.24) is 0 Å². The van der Waals surface area contributed by atoms with Crippen LogP contribution < -0.4 is 10.5 Å². The molecule has 0 spiro atoms. The normalized spacial score (nSPS) is 10.2. The molecule has 0 saturated carbocycles. The topological polar surface area (TPSA) is 35.2 Å². The van der Waals surface area contributed by atoms with Crippen LogP contribution in [0.4, 0.5) is 5.69 Å². The number of ether oxygens (including phenoxy) is 1. The predicted molar refractivity (Wildman–Crippen MR) is 71.6 cm³/mol. The van der Waals surface area contributed by atoms with Crippen molar-refractivity contribution in [2.45, 2.75) is 6.61 Å². The molecule has 17 heavy (non-hydrogen) atoms. The Hall–Kier alpha value is -1.38. The monoisotopic (exact) mass is 267 g/mol. The summed E-state index contributed by atoms with van der Waals surface area (Å²) >= 11 is 11.9. The molecule has 2 N–H and O–H groups in total. The lowest BCUT2D eigenvalue weighted by molar-refractivity contribution is 0.306. The van der Waals surface area contributed by atoms with E-state index in [1.54, 1.807) is 18.2 Å². The molecule has 2 rings (SSSR count). The quantitative estimate of drug-likeness (QED) is 0.848. The van der Waals surface area contributed by atoms with Crippen molar-refractivity contribution in [1.29, 1.82) is 0 Å². The van der Waals surface area contributed by atoms with Crippen LogP contribution >= 0.6 is 23.2 Å². The van der Waals surface area contributed by atoms with Crippen LogP contribution in [0.3, 0.4) is 0 Å². The molecule has 0 aliphatic rings. The van der Waals surface area contributed by atoms with Crippen LogP contribution in [0.5, 0.6) is 5.75 Å². The molecule has 2 aromatic rings. The number of nitrogen functional groups attached to an aromatic ring is 1. The second-order valence-electron chi connectivity index (χ2n) is 3.57. The zero-order valence-corrected chi connectivity index (χ0v) is 10.5. The highest BCUT2D eigenvalue weighted by atomic mass is 35.5. The molecule has 0 aliphatic heterocycles. The molecule has 0 saturated heterocycles. The molecule has 2 nitrogen and oxygen atoms in total. The number of hydrogen-bond acceptors (Lipinski definition) is 2. The van der Waals surface area contributed by atoms with Gasteiger partial charge in [-0.1, -0.05) is 41.4 Å². The number of nitrogens with two attached hydrogens (primary N) is 1. The van der Waals surface area contributed by atoms with E-state index in [0.29, 0.717) is 28.1 Å². The fourth-order valence-electron chi connectivity index (χ4n) is 1.38. The minimum Gasteiger partial charge on any atom is -0.487 e. The standard InChI is InChI=1S/C13H11Cl2NO/c14-10-3-1-2-4-13(10)17-8-9-5-6-12(16)11(15)7-9/h1-7H,8,16H2. The molecule has 88 valence electrons. The highest BCUT2D eigenvalue weighted by Gasteiger charge is 2.02. The van der Waals surface area contributed by atoms with Gasteiger partial charge in [0.2, 0.25) is 0 Å². The second kappa shape index (κ2) is 5.30. The van der Waals surface area contributed by atoms with Crippen molar-refractivity contribution in [3.63, 3.8) is 0 Å². The fraction of sp³-hybridized carbons (Fsp3) is 0.0769. The Labute approximate surface area is 110 Å². The zero-order valence-electron chi connectivity index (χ0n) is 8.99. The van der Waals surface area contributed by atoms with E-state index in [4.69, 9.17) is 33.7 Å². The summed E-state index contributed by atoms with van der Waals surface area (Å²) in [4.78, 5) is 0. The molecule has 0 radical (unpaired) electrons. The molecule has 0 amide bonds. The number of rotatable bonds is 3. The lowest BCUT2D eigenvalue weighted by atomic mass is 10.2. The summed E-state index contributed by atoms with van der Waals surface area (Å²) < 4.78 is 5.59. The van der Waals surface area contributed by atoms with Crippen LogP contribution in [0.1, 0.15) is 5.56 Å². The molecular weight excluding hydrogens is 257 g/mol. The average molecular weight is 268 g/mol. The maximum atomic E-state index is 5.98. The Morgan fingerprint density at radius 2 is 1.76 bits per heavy atom. The summed E-state index contributed by atoms with van der Waals surface area (Å²) in [6, 6.07) is 12.7. The van der Waals surface area contributed by atoms with Gasteiger partial charge in [-0.05, 0) is 29.8 Å². The van der Waals surface area contributed by atoms with Gasteiger partial charge in [-0.2, -0.15) is 0 Å². The summed E-state index contributed by atoms with van der Waals surface area (Å²) in [5.41, 5.74) is 7.14. The van der Waals surface area contributed by atoms with Gasteiger partial charge in [0.05, 0.1) is 15.7 Å². The summed E-state index contributed by atoms with van der Waals surface area (Å²) in [7, 11) is 0. The third-order valence-electron chi connectivity index (χ3n) is 2.30. The van der Waals surface area contributed by atoms with Gasteiger partial charge in [-0.25, -0.2) is 0 Å². The lowest BCUT2D eigenvalue weighted by Gasteiger charge is -2.08. The van der Waals surface area contributed by atoms with Gasteiger partial charge in [0.15, 0.2) is 0 Å². The Morgan fingerprint density at radius 3 is 2.47 bits per heavy atom.